The number of benzene rings is 1. The molecule has 3 aromatic rings. The summed E-state index contributed by atoms with van der Waals surface area (Å²) >= 11 is 0. The van der Waals surface area contributed by atoms with E-state index in [1.807, 2.05) is 18.2 Å². The minimum Gasteiger partial charge on any atom is -0.378 e. The van der Waals surface area contributed by atoms with Crippen molar-refractivity contribution in [3.05, 3.63) is 54.4 Å². The van der Waals surface area contributed by atoms with Crippen LogP contribution in [0.4, 0.5) is 17.5 Å². The molecule has 154 valence electrons. The smallest absolute Gasteiger partial charge is 0.228 e. The number of thiol groups is 1. The molecule has 0 radical (unpaired) electrons. The average Bonchev–Trinajstić information content (AvgIpc) is 3.24. The second-order valence-electron chi connectivity index (χ2n) is 7.19. The van der Waals surface area contributed by atoms with Crippen LogP contribution in [0.2, 0.25) is 0 Å². The number of hydrogen-bond acceptors (Lipinski definition) is 8. The molecule has 1 saturated heterocycles. The van der Waals surface area contributed by atoms with Crippen LogP contribution in [0, 0.1) is 0 Å². The fraction of sp³-hybridized carbons (Fsp3) is 0.286. The zero-order valence-corrected chi connectivity index (χ0v) is 17.2. The van der Waals surface area contributed by atoms with Crippen molar-refractivity contribution in [3.63, 3.8) is 0 Å². The summed E-state index contributed by atoms with van der Waals surface area (Å²) in [5.41, 5.74) is 3.63. The van der Waals surface area contributed by atoms with E-state index in [2.05, 4.69) is 14.8 Å². The molecule has 0 unspecified atom stereocenters. The van der Waals surface area contributed by atoms with Crippen LogP contribution >= 0.6 is 0 Å². The van der Waals surface area contributed by atoms with Crippen molar-refractivity contribution in [1.29, 1.82) is 0 Å². The average molecular weight is 423 g/mol. The summed E-state index contributed by atoms with van der Waals surface area (Å²) in [6.07, 6.45) is 4.32. The first-order valence-electron chi connectivity index (χ1n) is 9.87. The van der Waals surface area contributed by atoms with Crippen LogP contribution in [0.15, 0.2) is 53.7 Å². The van der Waals surface area contributed by atoms with E-state index in [1.165, 1.54) is 0 Å². The fourth-order valence-corrected chi connectivity index (χ4v) is 4.38. The van der Waals surface area contributed by atoms with Crippen LogP contribution in [-0.2, 0) is 21.9 Å². The molecule has 5 rings (SSSR count). The summed E-state index contributed by atoms with van der Waals surface area (Å²) in [6.45, 7) is 3.50. The van der Waals surface area contributed by atoms with Crippen LogP contribution in [0.1, 0.15) is 5.56 Å². The number of anilines is 3. The quantitative estimate of drug-likeness (QED) is 0.638. The van der Waals surface area contributed by atoms with Gasteiger partial charge in [-0.3, -0.25) is 4.98 Å². The standard InChI is InChI=1S/C21H21N5O3S/c27-30(28)17-3-1-2-15(14-17)19-18-6-9-26(16-4-7-22-8-5-16)20(18)24-21(23-19)25-10-12-29-13-11-25/h1-5,7-8,14,30H,6,9-13H2. The molecule has 2 aromatic heterocycles. The largest absolute Gasteiger partial charge is 0.378 e. The highest BCUT2D eigenvalue weighted by molar-refractivity contribution is 7.72. The minimum atomic E-state index is -2.66. The van der Waals surface area contributed by atoms with Crippen molar-refractivity contribution < 1.29 is 13.2 Å². The van der Waals surface area contributed by atoms with Gasteiger partial charge in [-0.05, 0) is 30.7 Å². The Morgan fingerprint density at radius 2 is 1.77 bits per heavy atom. The molecule has 8 nitrogen and oxygen atoms in total. The summed E-state index contributed by atoms with van der Waals surface area (Å²) in [5.74, 6) is 1.51. The van der Waals surface area contributed by atoms with Crippen LogP contribution < -0.4 is 9.80 Å². The lowest BCUT2D eigenvalue weighted by Gasteiger charge is -2.28. The molecule has 2 aliphatic rings. The lowest BCUT2D eigenvalue weighted by atomic mass is 10.1. The first-order valence-corrected chi connectivity index (χ1v) is 11.0. The van der Waals surface area contributed by atoms with Crippen molar-refractivity contribution in [2.45, 2.75) is 11.3 Å². The Balaban J connectivity index is 1.67. The van der Waals surface area contributed by atoms with Crippen molar-refractivity contribution >= 4 is 28.2 Å². The fourth-order valence-electron chi connectivity index (χ4n) is 3.93. The number of nitrogens with zero attached hydrogens (tertiary/aromatic N) is 5. The van der Waals surface area contributed by atoms with E-state index in [1.54, 1.807) is 30.6 Å². The van der Waals surface area contributed by atoms with Gasteiger partial charge in [-0.15, -0.1) is 0 Å². The molecule has 4 heterocycles. The van der Waals surface area contributed by atoms with Gasteiger partial charge < -0.3 is 14.5 Å². The third-order valence-electron chi connectivity index (χ3n) is 5.41. The molecule has 30 heavy (non-hydrogen) atoms. The molecule has 0 amide bonds. The summed E-state index contributed by atoms with van der Waals surface area (Å²) in [4.78, 5) is 18.5. The lowest BCUT2D eigenvalue weighted by molar-refractivity contribution is 0.122. The van der Waals surface area contributed by atoms with E-state index in [4.69, 9.17) is 14.7 Å². The summed E-state index contributed by atoms with van der Waals surface area (Å²) in [7, 11) is -2.66. The Hall–Kier alpha value is -3.04. The van der Waals surface area contributed by atoms with Gasteiger partial charge in [0.25, 0.3) is 0 Å². The number of ether oxygens (including phenoxy) is 1. The Labute approximate surface area is 176 Å². The molecule has 0 spiro atoms. The highest BCUT2D eigenvalue weighted by Crippen LogP contribution is 2.39. The van der Waals surface area contributed by atoms with Crippen LogP contribution in [0.5, 0.6) is 0 Å². The van der Waals surface area contributed by atoms with E-state index in [0.29, 0.717) is 19.2 Å². The first-order chi connectivity index (χ1) is 14.7. The maximum Gasteiger partial charge on any atom is 0.228 e. The van der Waals surface area contributed by atoms with Gasteiger partial charge in [0.1, 0.15) is 5.82 Å². The van der Waals surface area contributed by atoms with Crippen molar-refractivity contribution in [2.24, 2.45) is 0 Å². The number of pyridine rings is 1. The van der Waals surface area contributed by atoms with E-state index in [0.717, 1.165) is 54.4 Å². The SMILES string of the molecule is O=[SH](=O)c1cccc(-c2nc(N3CCOCC3)nc3c2CCN3c2ccncc2)c1. The zero-order valence-electron chi connectivity index (χ0n) is 16.3. The molecule has 0 saturated carbocycles. The first kappa shape index (κ1) is 19.0. The summed E-state index contributed by atoms with van der Waals surface area (Å²) in [5, 5.41) is 0. The van der Waals surface area contributed by atoms with Gasteiger partial charge in [0.15, 0.2) is 10.7 Å². The van der Waals surface area contributed by atoms with E-state index in [9.17, 15) is 8.42 Å². The van der Waals surface area contributed by atoms with Gasteiger partial charge in [0.2, 0.25) is 5.95 Å². The Bertz CT molecular complexity index is 1140. The number of fused-ring (bicyclic) bond motifs is 1. The van der Waals surface area contributed by atoms with Crippen molar-refractivity contribution in [3.8, 4) is 11.3 Å². The number of rotatable bonds is 4. The van der Waals surface area contributed by atoms with Gasteiger partial charge in [-0.1, -0.05) is 12.1 Å². The van der Waals surface area contributed by atoms with Gasteiger partial charge >= 0.3 is 0 Å². The zero-order chi connectivity index (χ0) is 20.5. The van der Waals surface area contributed by atoms with E-state index >= 15 is 0 Å². The predicted molar refractivity (Wildman–Crippen MR) is 114 cm³/mol. The molecule has 1 fully saturated rings. The minimum absolute atomic E-state index is 0.284. The van der Waals surface area contributed by atoms with Gasteiger partial charge in [-0.25, -0.2) is 13.4 Å². The molecule has 0 bridgehead atoms. The highest BCUT2D eigenvalue weighted by Gasteiger charge is 2.29. The van der Waals surface area contributed by atoms with Crippen molar-refractivity contribution in [2.75, 3.05) is 42.6 Å². The number of hydrogen-bond donors (Lipinski definition) is 1. The summed E-state index contributed by atoms with van der Waals surface area (Å²) < 4.78 is 28.6. The van der Waals surface area contributed by atoms with Crippen LogP contribution in [-0.4, -0.2) is 56.2 Å². The molecular weight excluding hydrogens is 402 g/mol. The molecular formula is C21H21N5O3S. The third kappa shape index (κ3) is 3.50. The molecule has 9 heteroatoms. The third-order valence-corrected chi connectivity index (χ3v) is 6.11. The van der Waals surface area contributed by atoms with Crippen molar-refractivity contribution in [1.82, 2.24) is 15.0 Å². The molecule has 2 aliphatic heterocycles. The van der Waals surface area contributed by atoms with E-state index < -0.39 is 10.7 Å². The normalized spacial score (nSPS) is 16.2. The van der Waals surface area contributed by atoms with Gasteiger partial charge in [0, 0.05) is 48.8 Å². The topological polar surface area (TPSA) is 88.5 Å². The maximum absolute atomic E-state index is 11.5. The van der Waals surface area contributed by atoms with Gasteiger partial charge in [-0.2, -0.15) is 4.98 Å². The second kappa shape index (κ2) is 8.00. The van der Waals surface area contributed by atoms with Crippen LogP contribution in [0.3, 0.4) is 0 Å². The predicted octanol–water partition coefficient (Wildman–Crippen LogP) is 2.04. The lowest BCUT2D eigenvalue weighted by Crippen LogP contribution is -2.37. The molecule has 1 aromatic carbocycles. The highest BCUT2D eigenvalue weighted by atomic mass is 32.2. The maximum atomic E-state index is 11.5. The second-order valence-corrected chi connectivity index (χ2v) is 8.22. The number of aromatic nitrogens is 3. The Kier molecular flexibility index (Phi) is 5.06. The summed E-state index contributed by atoms with van der Waals surface area (Å²) in [6, 6.07) is 10.9. The van der Waals surface area contributed by atoms with E-state index in [-0.39, 0.29) is 4.90 Å². The number of morpholine rings is 1. The monoisotopic (exact) mass is 423 g/mol. The molecule has 0 N–H and O–H groups in total. The molecule has 0 aliphatic carbocycles. The Morgan fingerprint density at radius 1 is 0.967 bits per heavy atom. The molecule has 0 atom stereocenters. The van der Waals surface area contributed by atoms with Gasteiger partial charge in [0.05, 0.1) is 23.8 Å². The Morgan fingerprint density at radius 3 is 2.53 bits per heavy atom. The van der Waals surface area contributed by atoms with Crippen LogP contribution in [0.25, 0.3) is 11.3 Å².